The second-order valence-corrected chi connectivity index (χ2v) is 5.86. The van der Waals surface area contributed by atoms with Crippen molar-refractivity contribution in [3.05, 3.63) is 42.2 Å². The Hall–Kier alpha value is -2.14. The maximum atomic E-state index is 10.7. The van der Waals surface area contributed by atoms with E-state index in [4.69, 9.17) is 5.11 Å². The Bertz CT molecular complexity index is 642. The molecule has 22 heavy (non-hydrogen) atoms. The van der Waals surface area contributed by atoms with E-state index in [9.17, 15) is 4.79 Å². The molecule has 1 saturated heterocycles. The van der Waals surface area contributed by atoms with Gasteiger partial charge in [-0.15, -0.1) is 0 Å². The van der Waals surface area contributed by atoms with Gasteiger partial charge in [-0.25, -0.2) is 0 Å². The van der Waals surface area contributed by atoms with E-state index in [-0.39, 0.29) is 6.54 Å². The Balaban J connectivity index is 1.73. The van der Waals surface area contributed by atoms with Crippen molar-refractivity contribution in [2.45, 2.75) is 32.4 Å². The Kier molecular flexibility index (Phi) is 4.24. The van der Waals surface area contributed by atoms with E-state index in [0.29, 0.717) is 6.04 Å². The molecule has 0 spiro atoms. The molecule has 1 aliphatic heterocycles. The Labute approximate surface area is 130 Å². The first kappa shape index (κ1) is 14.8. The van der Waals surface area contributed by atoms with Crippen LogP contribution in [0.5, 0.6) is 0 Å². The fourth-order valence-corrected chi connectivity index (χ4v) is 3.03. The van der Waals surface area contributed by atoms with Gasteiger partial charge in [0.2, 0.25) is 0 Å². The van der Waals surface area contributed by atoms with Gasteiger partial charge in [0.25, 0.3) is 0 Å². The van der Waals surface area contributed by atoms with Crippen molar-refractivity contribution in [2.24, 2.45) is 0 Å². The van der Waals surface area contributed by atoms with Gasteiger partial charge in [-0.1, -0.05) is 24.3 Å². The number of benzene rings is 1. The molecule has 0 aliphatic carbocycles. The van der Waals surface area contributed by atoms with Crippen LogP contribution >= 0.6 is 0 Å². The van der Waals surface area contributed by atoms with Gasteiger partial charge in [0.1, 0.15) is 6.54 Å². The van der Waals surface area contributed by atoms with Crippen molar-refractivity contribution in [1.82, 2.24) is 14.7 Å². The van der Waals surface area contributed by atoms with Gasteiger partial charge in [0.05, 0.1) is 6.20 Å². The molecular weight excluding hydrogens is 278 g/mol. The summed E-state index contributed by atoms with van der Waals surface area (Å²) in [6.45, 7) is 4.52. The van der Waals surface area contributed by atoms with Crippen LogP contribution in [0.4, 0.5) is 0 Å². The van der Waals surface area contributed by atoms with E-state index in [1.807, 2.05) is 0 Å². The van der Waals surface area contributed by atoms with Crippen molar-refractivity contribution in [3.8, 4) is 11.1 Å². The number of nitrogens with zero attached hydrogens (tertiary/aromatic N) is 3. The summed E-state index contributed by atoms with van der Waals surface area (Å²) < 4.78 is 1.44. The smallest absolute Gasteiger partial charge is 0.325 e. The lowest BCUT2D eigenvalue weighted by Crippen LogP contribution is -2.23. The van der Waals surface area contributed by atoms with E-state index in [1.54, 1.807) is 12.4 Å². The van der Waals surface area contributed by atoms with Crippen molar-refractivity contribution >= 4 is 5.97 Å². The van der Waals surface area contributed by atoms with Crippen molar-refractivity contribution in [2.75, 3.05) is 13.1 Å². The second kappa shape index (κ2) is 6.32. The van der Waals surface area contributed by atoms with Gasteiger partial charge in [0.15, 0.2) is 0 Å². The van der Waals surface area contributed by atoms with Crippen LogP contribution in [0.3, 0.4) is 0 Å². The predicted octanol–water partition coefficient (Wildman–Crippen LogP) is 2.79. The van der Waals surface area contributed by atoms with Crippen LogP contribution < -0.4 is 0 Å². The molecule has 1 atom stereocenters. The first-order valence-electron chi connectivity index (χ1n) is 7.72. The van der Waals surface area contributed by atoms with Gasteiger partial charge in [-0.2, -0.15) is 5.10 Å². The average Bonchev–Trinajstić information content (AvgIpc) is 3.17. The van der Waals surface area contributed by atoms with Crippen molar-refractivity contribution in [1.29, 1.82) is 0 Å². The summed E-state index contributed by atoms with van der Waals surface area (Å²) in [6.07, 6.45) is 6.07. The molecule has 1 fully saturated rings. The number of hydrogen-bond donors (Lipinski definition) is 1. The lowest BCUT2D eigenvalue weighted by Gasteiger charge is -2.24. The molecule has 1 aromatic carbocycles. The molecule has 1 aliphatic rings. The molecule has 0 radical (unpaired) electrons. The fourth-order valence-electron chi connectivity index (χ4n) is 3.03. The molecule has 2 heterocycles. The molecule has 1 N–H and O–H groups in total. The maximum Gasteiger partial charge on any atom is 0.325 e. The first-order valence-corrected chi connectivity index (χ1v) is 7.72. The van der Waals surface area contributed by atoms with Gasteiger partial charge in [-0.05, 0) is 44.0 Å². The summed E-state index contributed by atoms with van der Waals surface area (Å²) in [6, 6.07) is 8.94. The summed E-state index contributed by atoms with van der Waals surface area (Å²) in [4.78, 5) is 13.2. The highest BCUT2D eigenvalue weighted by molar-refractivity contribution is 5.67. The topological polar surface area (TPSA) is 58.4 Å². The molecule has 5 nitrogen and oxygen atoms in total. The van der Waals surface area contributed by atoms with Crippen LogP contribution in [0.1, 0.15) is 31.4 Å². The van der Waals surface area contributed by atoms with E-state index in [0.717, 1.165) is 11.1 Å². The van der Waals surface area contributed by atoms with Crippen molar-refractivity contribution in [3.63, 3.8) is 0 Å². The third-order valence-corrected chi connectivity index (χ3v) is 4.35. The van der Waals surface area contributed by atoms with Gasteiger partial charge in [-0.3, -0.25) is 14.4 Å². The SMILES string of the molecule is C[C@H](c1ccc(-c2cnn(CC(=O)O)c2)cc1)N1CCCC1. The average molecular weight is 299 g/mol. The van der Waals surface area contributed by atoms with Crippen LogP contribution in [0, 0.1) is 0 Å². The zero-order valence-corrected chi connectivity index (χ0v) is 12.8. The number of carboxylic acids is 1. The van der Waals surface area contributed by atoms with Crippen LogP contribution in [0.15, 0.2) is 36.7 Å². The molecule has 2 aromatic rings. The lowest BCUT2D eigenvalue weighted by atomic mass is 10.0. The molecule has 0 bridgehead atoms. The van der Waals surface area contributed by atoms with E-state index in [1.165, 1.54) is 36.2 Å². The molecule has 0 unspecified atom stereocenters. The van der Waals surface area contributed by atoms with Crippen LogP contribution in [-0.4, -0.2) is 38.8 Å². The highest BCUT2D eigenvalue weighted by Crippen LogP contribution is 2.27. The number of carbonyl (C=O) groups is 1. The molecule has 0 saturated carbocycles. The quantitative estimate of drug-likeness (QED) is 0.922. The molecule has 1 aromatic heterocycles. The summed E-state index contributed by atoms with van der Waals surface area (Å²) in [7, 11) is 0. The number of rotatable bonds is 5. The van der Waals surface area contributed by atoms with Crippen molar-refractivity contribution < 1.29 is 9.90 Å². The summed E-state index contributed by atoms with van der Waals surface area (Å²) in [5, 5.41) is 12.9. The first-order chi connectivity index (χ1) is 10.6. The van der Waals surface area contributed by atoms with Crippen LogP contribution in [0.2, 0.25) is 0 Å². The highest BCUT2D eigenvalue weighted by Gasteiger charge is 2.19. The molecule has 0 amide bonds. The fraction of sp³-hybridized carbons (Fsp3) is 0.412. The summed E-state index contributed by atoms with van der Waals surface area (Å²) in [5.74, 6) is -0.885. The normalized spacial score (nSPS) is 16.8. The minimum absolute atomic E-state index is 0.107. The van der Waals surface area contributed by atoms with Crippen LogP contribution in [0.25, 0.3) is 11.1 Å². The molecule has 5 heteroatoms. The predicted molar refractivity (Wildman–Crippen MR) is 84.5 cm³/mol. The minimum Gasteiger partial charge on any atom is -0.480 e. The standard InChI is InChI=1S/C17H21N3O2/c1-13(19-8-2-3-9-19)14-4-6-15(7-5-14)16-10-18-20(11-16)12-17(21)22/h4-7,10-11,13H,2-3,8-9,12H2,1H3,(H,21,22)/t13-/m1/s1. The monoisotopic (exact) mass is 299 g/mol. The van der Waals surface area contributed by atoms with Gasteiger partial charge in [0, 0.05) is 17.8 Å². The molecule has 3 rings (SSSR count). The third kappa shape index (κ3) is 3.20. The van der Waals surface area contributed by atoms with E-state index in [2.05, 4.69) is 41.2 Å². The summed E-state index contributed by atoms with van der Waals surface area (Å²) >= 11 is 0. The number of aromatic nitrogens is 2. The summed E-state index contributed by atoms with van der Waals surface area (Å²) in [5.41, 5.74) is 3.33. The number of likely N-dealkylation sites (tertiary alicyclic amines) is 1. The van der Waals surface area contributed by atoms with E-state index < -0.39 is 5.97 Å². The van der Waals surface area contributed by atoms with Crippen LogP contribution in [-0.2, 0) is 11.3 Å². The lowest BCUT2D eigenvalue weighted by molar-refractivity contribution is -0.137. The Morgan fingerprint density at radius 2 is 1.91 bits per heavy atom. The largest absolute Gasteiger partial charge is 0.480 e. The minimum atomic E-state index is -0.885. The molecular formula is C17H21N3O2. The van der Waals surface area contributed by atoms with E-state index >= 15 is 0 Å². The van der Waals surface area contributed by atoms with Gasteiger partial charge < -0.3 is 5.11 Å². The molecule has 116 valence electrons. The Morgan fingerprint density at radius 1 is 1.23 bits per heavy atom. The highest BCUT2D eigenvalue weighted by atomic mass is 16.4. The maximum absolute atomic E-state index is 10.7. The number of aliphatic carboxylic acids is 1. The third-order valence-electron chi connectivity index (χ3n) is 4.35. The number of hydrogen-bond acceptors (Lipinski definition) is 3. The van der Waals surface area contributed by atoms with Gasteiger partial charge >= 0.3 is 5.97 Å². The number of carboxylic acid groups (broad SMARTS) is 1. The zero-order valence-electron chi connectivity index (χ0n) is 12.8. The Morgan fingerprint density at radius 3 is 2.55 bits per heavy atom. The second-order valence-electron chi connectivity index (χ2n) is 5.86. The zero-order chi connectivity index (χ0) is 15.5.